The number of nitrogens with one attached hydrogen (secondary N) is 1. The summed E-state index contributed by atoms with van der Waals surface area (Å²) < 4.78 is 10.6. The summed E-state index contributed by atoms with van der Waals surface area (Å²) in [5.74, 6) is -0.0974. The van der Waals surface area contributed by atoms with Gasteiger partial charge in [0.1, 0.15) is 17.0 Å². The normalized spacial score (nSPS) is 10.1. The SMILES string of the molecule is COC(=O)c1cc(CNc2ccc(I)cc2[N+](=O)[O-])ccc1OC. The van der Waals surface area contributed by atoms with Gasteiger partial charge in [0, 0.05) is 16.2 Å². The summed E-state index contributed by atoms with van der Waals surface area (Å²) in [6, 6.07) is 10.0. The van der Waals surface area contributed by atoms with Crippen molar-refractivity contribution in [2.75, 3.05) is 19.5 Å². The average Bonchev–Trinajstić information content (AvgIpc) is 2.59. The molecule has 0 radical (unpaired) electrons. The Morgan fingerprint density at radius 1 is 1.25 bits per heavy atom. The van der Waals surface area contributed by atoms with Gasteiger partial charge in [0.15, 0.2) is 0 Å². The predicted octanol–water partition coefficient (Wildman–Crippen LogP) is 3.61. The van der Waals surface area contributed by atoms with Crippen molar-refractivity contribution in [2.45, 2.75) is 6.54 Å². The molecule has 24 heavy (non-hydrogen) atoms. The minimum Gasteiger partial charge on any atom is -0.496 e. The van der Waals surface area contributed by atoms with Crippen LogP contribution in [0, 0.1) is 13.7 Å². The van der Waals surface area contributed by atoms with Crippen LogP contribution in [0.1, 0.15) is 15.9 Å². The number of nitrogens with zero attached hydrogens (tertiary/aromatic N) is 1. The number of methoxy groups -OCH3 is 2. The van der Waals surface area contributed by atoms with Gasteiger partial charge in [0.2, 0.25) is 0 Å². The smallest absolute Gasteiger partial charge is 0.341 e. The Hall–Kier alpha value is -2.36. The molecule has 0 unspecified atom stereocenters. The van der Waals surface area contributed by atoms with Gasteiger partial charge in [-0.3, -0.25) is 10.1 Å². The third-order valence-electron chi connectivity index (χ3n) is 3.31. The lowest BCUT2D eigenvalue weighted by Crippen LogP contribution is -2.07. The van der Waals surface area contributed by atoms with E-state index >= 15 is 0 Å². The third kappa shape index (κ3) is 4.13. The van der Waals surface area contributed by atoms with E-state index in [1.165, 1.54) is 20.3 Å². The van der Waals surface area contributed by atoms with Crippen LogP contribution in [-0.4, -0.2) is 25.1 Å². The molecule has 0 bridgehead atoms. The van der Waals surface area contributed by atoms with Gasteiger partial charge in [0.25, 0.3) is 5.69 Å². The highest BCUT2D eigenvalue weighted by molar-refractivity contribution is 14.1. The van der Waals surface area contributed by atoms with Crippen molar-refractivity contribution in [3.05, 3.63) is 61.2 Å². The fraction of sp³-hybridized carbons (Fsp3) is 0.188. The minimum absolute atomic E-state index is 0.00334. The molecule has 0 aliphatic heterocycles. The van der Waals surface area contributed by atoms with Crippen LogP contribution in [0.15, 0.2) is 36.4 Å². The molecule has 7 nitrogen and oxygen atoms in total. The molecular formula is C16H15IN2O5. The minimum atomic E-state index is -0.506. The molecule has 0 heterocycles. The van der Waals surface area contributed by atoms with Crippen LogP contribution in [0.2, 0.25) is 0 Å². The number of benzene rings is 2. The fourth-order valence-corrected chi connectivity index (χ4v) is 2.61. The largest absolute Gasteiger partial charge is 0.496 e. The van der Waals surface area contributed by atoms with Crippen molar-refractivity contribution in [1.29, 1.82) is 0 Å². The molecule has 0 aromatic heterocycles. The maximum atomic E-state index is 11.8. The number of nitro benzene ring substituents is 1. The Morgan fingerprint density at radius 3 is 2.62 bits per heavy atom. The van der Waals surface area contributed by atoms with Gasteiger partial charge in [-0.1, -0.05) is 6.07 Å². The Bertz CT molecular complexity index is 779. The Kier molecular flexibility index (Phi) is 5.96. The van der Waals surface area contributed by atoms with Gasteiger partial charge in [-0.05, 0) is 52.4 Å². The molecule has 0 saturated carbocycles. The lowest BCUT2D eigenvalue weighted by atomic mass is 10.1. The molecule has 2 aromatic rings. The number of carbonyl (C=O) groups excluding carboxylic acids is 1. The average molecular weight is 442 g/mol. The number of hydrogen-bond donors (Lipinski definition) is 1. The van der Waals surface area contributed by atoms with Crippen LogP contribution in [0.25, 0.3) is 0 Å². The molecule has 2 rings (SSSR count). The van der Waals surface area contributed by atoms with Gasteiger partial charge in [-0.25, -0.2) is 4.79 Å². The van der Waals surface area contributed by atoms with Crippen LogP contribution in [-0.2, 0) is 11.3 Å². The molecular weight excluding hydrogens is 427 g/mol. The van der Waals surface area contributed by atoms with E-state index in [4.69, 9.17) is 9.47 Å². The van der Waals surface area contributed by atoms with E-state index in [0.29, 0.717) is 23.5 Å². The predicted molar refractivity (Wildman–Crippen MR) is 97.5 cm³/mol. The van der Waals surface area contributed by atoms with Crippen molar-refractivity contribution in [1.82, 2.24) is 0 Å². The molecule has 0 amide bonds. The summed E-state index contributed by atoms with van der Waals surface area (Å²) in [5, 5.41) is 14.2. The van der Waals surface area contributed by atoms with Crippen LogP contribution < -0.4 is 10.1 Å². The maximum absolute atomic E-state index is 11.8. The summed E-state index contributed by atoms with van der Waals surface area (Å²) in [6.07, 6.45) is 0. The molecule has 0 aliphatic carbocycles. The first-order valence-corrected chi connectivity index (χ1v) is 7.97. The number of anilines is 1. The number of hydrogen-bond acceptors (Lipinski definition) is 6. The summed E-state index contributed by atoms with van der Waals surface area (Å²) in [7, 11) is 2.76. The van der Waals surface area contributed by atoms with E-state index in [1.54, 1.807) is 30.3 Å². The topological polar surface area (TPSA) is 90.7 Å². The molecule has 1 N–H and O–H groups in total. The standard InChI is InChI=1S/C16H15IN2O5/c1-23-15-6-3-10(7-12(15)16(20)24-2)9-18-13-5-4-11(17)8-14(13)19(21)22/h3-8,18H,9H2,1-2H3. The van der Waals surface area contributed by atoms with Crippen LogP contribution in [0.4, 0.5) is 11.4 Å². The molecule has 8 heteroatoms. The molecule has 2 aromatic carbocycles. The highest BCUT2D eigenvalue weighted by atomic mass is 127. The maximum Gasteiger partial charge on any atom is 0.341 e. The van der Waals surface area contributed by atoms with E-state index in [9.17, 15) is 14.9 Å². The summed E-state index contributed by atoms with van der Waals surface area (Å²) in [5.41, 5.74) is 1.49. The zero-order chi connectivity index (χ0) is 17.7. The van der Waals surface area contributed by atoms with Crippen LogP contribution >= 0.6 is 22.6 Å². The number of ether oxygens (including phenoxy) is 2. The Morgan fingerprint density at radius 2 is 2.00 bits per heavy atom. The van der Waals surface area contributed by atoms with E-state index in [-0.39, 0.29) is 5.69 Å². The van der Waals surface area contributed by atoms with Gasteiger partial charge < -0.3 is 14.8 Å². The number of rotatable bonds is 6. The second-order valence-corrected chi connectivity index (χ2v) is 6.04. The number of esters is 1. The highest BCUT2D eigenvalue weighted by Crippen LogP contribution is 2.27. The summed E-state index contributed by atoms with van der Waals surface area (Å²) >= 11 is 2.02. The van der Waals surface area contributed by atoms with E-state index in [2.05, 4.69) is 5.32 Å². The molecule has 0 fully saturated rings. The first-order valence-electron chi connectivity index (χ1n) is 6.89. The van der Waals surface area contributed by atoms with Gasteiger partial charge in [-0.2, -0.15) is 0 Å². The Labute approximate surface area is 152 Å². The fourth-order valence-electron chi connectivity index (χ4n) is 2.14. The second-order valence-electron chi connectivity index (χ2n) is 4.80. The molecule has 0 aliphatic rings. The van der Waals surface area contributed by atoms with Crippen LogP contribution in [0.5, 0.6) is 5.75 Å². The molecule has 0 saturated heterocycles. The van der Waals surface area contributed by atoms with E-state index < -0.39 is 10.9 Å². The van der Waals surface area contributed by atoms with Gasteiger partial charge >= 0.3 is 5.97 Å². The summed E-state index contributed by atoms with van der Waals surface area (Å²) in [4.78, 5) is 22.5. The lowest BCUT2D eigenvalue weighted by molar-refractivity contribution is -0.384. The molecule has 0 spiro atoms. The zero-order valence-corrected chi connectivity index (χ0v) is 15.2. The third-order valence-corrected chi connectivity index (χ3v) is 3.98. The van der Waals surface area contributed by atoms with Crippen molar-refractivity contribution in [2.24, 2.45) is 0 Å². The lowest BCUT2D eigenvalue weighted by Gasteiger charge is -2.11. The quantitative estimate of drug-likeness (QED) is 0.318. The molecule has 126 valence electrons. The van der Waals surface area contributed by atoms with Gasteiger partial charge in [0.05, 0.1) is 19.1 Å². The van der Waals surface area contributed by atoms with E-state index in [1.807, 2.05) is 22.6 Å². The monoisotopic (exact) mass is 442 g/mol. The van der Waals surface area contributed by atoms with Crippen molar-refractivity contribution < 1.29 is 19.2 Å². The van der Waals surface area contributed by atoms with E-state index in [0.717, 1.165) is 9.13 Å². The number of halogens is 1. The first-order chi connectivity index (χ1) is 11.5. The summed E-state index contributed by atoms with van der Waals surface area (Å²) in [6.45, 7) is 0.315. The first kappa shape index (κ1) is 18.0. The van der Waals surface area contributed by atoms with Crippen LogP contribution in [0.3, 0.4) is 0 Å². The Balaban J connectivity index is 2.24. The number of carbonyl (C=O) groups is 1. The number of nitro groups is 1. The molecule has 0 atom stereocenters. The van der Waals surface area contributed by atoms with Crippen molar-refractivity contribution in [3.63, 3.8) is 0 Å². The van der Waals surface area contributed by atoms with Crippen molar-refractivity contribution >= 4 is 39.9 Å². The highest BCUT2D eigenvalue weighted by Gasteiger charge is 2.16. The zero-order valence-electron chi connectivity index (χ0n) is 13.0. The van der Waals surface area contributed by atoms with Crippen molar-refractivity contribution in [3.8, 4) is 5.75 Å². The van der Waals surface area contributed by atoms with Gasteiger partial charge in [-0.15, -0.1) is 0 Å². The second kappa shape index (κ2) is 7.95.